The minimum atomic E-state index is -4.57. The third kappa shape index (κ3) is 6.45. The van der Waals surface area contributed by atoms with Gasteiger partial charge < -0.3 is 15.0 Å². The molecule has 1 N–H and O–H groups in total. The number of rotatable bonds is 7. The molecule has 0 unspecified atom stereocenters. The van der Waals surface area contributed by atoms with Crippen LogP contribution in [-0.2, 0) is 23.2 Å². The Labute approximate surface area is 198 Å². The molecule has 1 amide bonds. The summed E-state index contributed by atoms with van der Waals surface area (Å²) in [7, 11) is 0. The van der Waals surface area contributed by atoms with Crippen LogP contribution in [0.4, 0.5) is 19.0 Å². The average molecular weight is 490 g/mol. The number of hydrogen-bond acceptors (Lipinski definition) is 7. The lowest BCUT2D eigenvalue weighted by Gasteiger charge is -2.28. The number of hydrogen-bond donors (Lipinski definition) is 1. The second-order valence-electron chi connectivity index (χ2n) is 7.48. The highest BCUT2D eigenvalue weighted by Crippen LogP contribution is 2.32. The van der Waals surface area contributed by atoms with Crippen molar-refractivity contribution in [2.45, 2.75) is 23.6 Å². The maximum Gasteiger partial charge on any atom is 0.433 e. The lowest BCUT2D eigenvalue weighted by Crippen LogP contribution is -2.37. The zero-order valence-corrected chi connectivity index (χ0v) is 18.9. The first-order valence-corrected chi connectivity index (χ1v) is 11.6. The second-order valence-corrected chi connectivity index (χ2v) is 8.42. The molecular weight excluding hydrogens is 467 g/mol. The van der Waals surface area contributed by atoms with Gasteiger partial charge in [-0.1, -0.05) is 30.0 Å². The number of pyridine rings is 1. The Bertz CT molecular complexity index is 1110. The predicted octanol–water partition coefficient (Wildman–Crippen LogP) is 3.95. The first-order chi connectivity index (χ1) is 16.4. The van der Waals surface area contributed by atoms with Gasteiger partial charge in [0, 0.05) is 36.7 Å². The number of thioether (sulfide) groups is 1. The van der Waals surface area contributed by atoms with E-state index in [0.29, 0.717) is 44.2 Å². The molecule has 178 valence electrons. The van der Waals surface area contributed by atoms with Crippen molar-refractivity contribution in [1.29, 1.82) is 0 Å². The van der Waals surface area contributed by atoms with E-state index in [9.17, 15) is 18.0 Å². The van der Waals surface area contributed by atoms with Gasteiger partial charge in [-0.25, -0.2) is 9.97 Å². The third-order valence-corrected chi connectivity index (χ3v) is 5.98. The number of nitrogens with zero attached hydrogens (tertiary/aromatic N) is 4. The zero-order chi connectivity index (χ0) is 24.0. The minimum absolute atomic E-state index is 0.0495. The van der Waals surface area contributed by atoms with Crippen molar-refractivity contribution in [3.8, 4) is 0 Å². The highest BCUT2D eigenvalue weighted by Gasteiger charge is 2.34. The van der Waals surface area contributed by atoms with Crippen molar-refractivity contribution in [1.82, 2.24) is 20.3 Å². The summed E-state index contributed by atoms with van der Waals surface area (Å²) in [6.07, 6.45) is -2.91. The lowest BCUT2D eigenvalue weighted by atomic mass is 10.1. The predicted molar refractivity (Wildman–Crippen MR) is 121 cm³/mol. The molecule has 1 saturated heterocycles. The Morgan fingerprint density at radius 3 is 2.53 bits per heavy atom. The number of carbonyl (C=O) groups excluding carboxylic acids is 1. The van der Waals surface area contributed by atoms with Crippen LogP contribution in [0.2, 0.25) is 0 Å². The fourth-order valence-electron chi connectivity index (χ4n) is 3.25. The molecule has 3 aromatic rings. The van der Waals surface area contributed by atoms with Crippen LogP contribution in [0.3, 0.4) is 0 Å². The molecule has 34 heavy (non-hydrogen) atoms. The summed E-state index contributed by atoms with van der Waals surface area (Å²) >= 11 is 1.11. The van der Waals surface area contributed by atoms with Gasteiger partial charge in [-0.05, 0) is 29.8 Å². The molecule has 0 radical (unpaired) electrons. The van der Waals surface area contributed by atoms with Crippen LogP contribution in [-0.4, -0.2) is 47.2 Å². The number of morpholine rings is 1. The van der Waals surface area contributed by atoms with E-state index in [2.05, 4.69) is 20.3 Å². The highest BCUT2D eigenvalue weighted by molar-refractivity contribution is 7.98. The first-order valence-electron chi connectivity index (χ1n) is 10.6. The summed E-state index contributed by atoms with van der Waals surface area (Å²) < 4.78 is 45.4. The molecule has 1 aliphatic heterocycles. The molecule has 1 fully saturated rings. The maximum absolute atomic E-state index is 13.4. The largest absolute Gasteiger partial charge is 0.433 e. The van der Waals surface area contributed by atoms with Crippen molar-refractivity contribution in [2.75, 3.05) is 31.2 Å². The summed E-state index contributed by atoms with van der Waals surface area (Å²) in [6.45, 7) is 2.14. The Kier molecular flexibility index (Phi) is 7.63. The van der Waals surface area contributed by atoms with E-state index in [4.69, 9.17) is 4.74 Å². The van der Waals surface area contributed by atoms with E-state index >= 15 is 0 Å². The van der Waals surface area contributed by atoms with Gasteiger partial charge in [0.25, 0.3) is 5.91 Å². The van der Waals surface area contributed by atoms with Crippen LogP contribution in [0.15, 0.2) is 59.9 Å². The maximum atomic E-state index is 13.4. The molecule has 0 aliphatic carbocycles. The molecule has 1 aromatic carbocycles. The monoisotopic (exact) mass is 489 g/mol. The van der Waals surface area contributed by atoms with Gasteiger partial charge in [0.15, 0.2) is 10.9 Å². The van der Waals surface area contributed by atoms with Crippen molar-refractivity contribution in [2.24, 2.45) is 0 Å². The molecular formula is C23H22F3N5O2S. The van der Waals surface area contributed by atoms with E-state index in [0.717, 1.165) is 29.1 Å². The van der Waals surface area contributed by atoms with Gasteiger partial charge >= 0.3 is 6.18 Å². The normalized spacial score (nSPS) is 14.1. The molecule has 7 nitrogen and oxygen atoms in total. The average Bonchev–Trinajstić information content (AvgIpc) is 2.87. The van der Waals surface area contributed by atoms with Crippen LogP contribution in [0, 0.1) is 0 Å². The molecule has 11 heteroatoms. The van der Waals surface area contributed by atoms with Crippen LogP contribution < -0.4 is 10.2 Å². The number of alkyl halides is 3. The number of halogens is 3. The topological polar surface area (TPSA) is 80.2 Å². The SMILES string of the molecule is O=C(NCc1ccccn1)c1ccc(CSc2nc(N3CCOCC3)cc(C(F)(F)F)n2)cc1. The van der Waals surface area contributed by atoms with Crippen molar-refractivity contribution < 1.29 is 22.7 Å². The van der Waals surface area contributed by atoms with E-state index in [-0.39, 0.29) is 16.9 Å². The van der Waals surface area contributed by atoms with Gasteiger partial charge in [-0.2, -0.15) is 13.2 Å². The van der Waals surface area contributed by atoms with Crippen molar-refractivity contribution in [3.05, 3.63) is 77.2 Å². The van der Waals surface area contributed by atoms with E-state index in [1.165, 1.54) is 0 Å². The molecule has 0 atom stereocenters. The van der Waals surface area contributed by atoms with Crippen LogP contribution in [0.1, 0.15) is 27.3 Å². The van der Waals surface area contributed by atoms with E-state index in [1.54, 1.807) is 41.4 Å². The number of amides is 1. The molecule has 0 saturated carbocycles. The quantitative estimate of drug-likeness (QED) is 0.398. The smallest absolute Gasteiger partial charge is 0.378 e. The molecule has 2 aromatic heterocycles. The summed E-state index contributed by atoms with van der Waals surface area (Å²) in [5, 5.41) is 2.85. The molecule has 1 aliphatic rings. The van der Waals surface area contributed by atoms with Gasteiger partial charge in [0.05, 0.1) is 25.5 Å². The minimum Gasteiger partial charge on any atom is -0.378 e. The summed E-state index contributed by atoms with van der Waals surface area (Å²) in [6, 6.07) is 13.3. The number of nitrogens with one attached hydrogen (secondary N) is 1. The number of carbonyl (C=O) groups is 1. The third-order valence-electron chi connectivity index (χ3n) is 5.06. The Hall–Kier alpha value is -3.18. The van der Waals surface area contributed by atoms with Gasteiger partial charge in [0.2, 0.25) is 0 Å². The second kappa shape index (κ2) is 10.8. The number of anilines is 1. The zero-order valence-electron chi connectivity index (χ0n) is 18.1. The van der Waals surface area contributed by atoms with Crippen LogP contribution in [0.25, 0.3) is 0 Å². The fraction of sp³-hybridized carbons (Fsp3) is 0.304. The number of benzene rings is 1. The van der Waals surface area contributed by atoms with Crippen molar-refractivity contribution in [3.63, 3.8) is 0 Å². The lowest BCUT2D eigenvalue weighted by molar-refractivity contribution is -0.141. The van der Waals surface area contributed by atoms with E-state index < -0.39 is 11.9 Å². The Morgan fingerprint density at radius 2 is 1.85 bits per heavy atom. The van der Waals surface area contributed by atoms with Crippen LogP contribution in [0.5, 0.6) is 0 Å². The summed E-state index contributed by atoms with van der Waals surface area (Å²) in [5.41, 5.74) is 1.10. The summed E-state index contributed by atoms with van der Waals surface area (Å²) in [5.74, 6) is 0.369. The van der Waals surface area contributed by atoms with Gasteiger partial charge in [-0.15, -0.1) is 0 Å². The van der Waals surface area contributed by atoms with Gasteiger partial charge in [-0.3, -0.25) is 9.78 Å². The molecule has 3 heterocycles. The van der Waals surface area contributed by atoms with Crippen molar-refractivity contribution >= 4 is 23.5 Å². The van der Waals surface area contributed by atoms with Gasteiger partial charge in [0.1, 0.15) is 5.82 Å². The molecule has 0 spiro atoms. The fourth-order valence-corrected chi connectivity index (χ4v) is 4.06. The number of aromatic nitrogens is 3. The molecule has 4 rings (SSSR count). The van der Waals surface area contributed by atoms with E-state index in [1.807, 2.05) is 12.1 Å². The highest BCUT2D eigenvalue weighted by atomic mass is 32.2. The Balaban J connectivity index is 1.40. The standard InChI is InChI=1S/C23H22F3N5O2S/c24-23(25,26)19-13-20(31-9-11-33-12-10-31)30-22(29-19)34-15-16-4-6-17(7-5-16)21(32)28-14-18-3-1-2-8-27-18/h1-8,13H,9-12,14-15H2,(H,28,32). The first kappa shape index (κ1) is 24.0. The Morgan fingerprint density at radius 1 is 1.09 bits per heavy atom. The summed E-state index contributed by atoms with van der Waals surface area (Å²) in [4.78, 5) is 26.3. The molecule has 0 bridgehead atoms. The van der Waals surface area contributed by atoms with Crippen LogP contribution >= 0.6 is 11.8 Å². The number of ether oxygens (including phenoxy) is 1.